The molecule has 0 fully saturated rings. The van der Waals surface area contributed by atoms with Gasteiger partial charge in [0, 0.05) is 17.2 Å². The maximum Gasteiger partial charge on any atom is 0.0708 e. The Hall–Kier alpha value is -1.83. The lowest BCUT2D eigenvalue weighted by molar-refractivity contribution is 1.56. The Bertz CT molecular complexity index is 768. The Balaban J connectivity index is 2.07. The molecule has 0 N–H and O–H groups in total. The van der Waals surface area contributed by atoms with Crippen molar-refractivity contribution in [2.24, 2.45) is 4.99 Å². The largest absolute Gasteiger partial charge is 0.256 e. The van der Waals surface area contributed by atoms with Crippen LogP contribution in [0.5, 0.6) is 0 Å². The van der Waals surface area contributed by atoms with E-state index in [0.717, 1.165) is 22.0 Å². The first-order valence-corrected chi connectivity index (χ1v) is 6.97. The van der Waals surface area contributed by atoms with E-state index in [0.29, 0.717) is 10.0 Å². The van der Waals surface area contributed by atoms with Crippen LogP contribution < -0.4 is 0 Å². The van der Waals surface area contributed by atoms with Crippen molar-refractivity contribution in [2.45, 2.75) is 0 Å². The van der Waals surface area contributed by atoms with Crippen molar-refractivity contribution in [3.8, 4) is 0 Å². The summed E-state index contributed by atoms with van der Waals surface area (Å²) in [6.45, 7) is 0. The first-order chi connectivity index (χ1) is 9.75. The van der Waals surface area contributed by atoms with Crippen molar-refractivity contribution >= 4 is 45.9 Å². The summed E-state index contributed by atoms with van der Waals surface area (Å²) in [6, 6.07) is 19.6. The highest BCUT2D eigenvalue weighted by Gasteiger charge is 2.03. The predicted molar refractivity (Wildman–Crippen MR) is 87.7 cm³/mol. The smallest absolute Gasteiger partial charge is 0.0708 e. The van der Waals surface area contributed by atoms with E-state index in [1.807, 2.05) is 30.3 Å². The van der Waals surface area contributed by atoms with Crippen molar-refractivity contribution < 1.29 is 0 Å². The molecule has 0 saturated carbocycles. The zero-order valence-electron chi connectivity index (χ0n) is 10.6. The average Bonchev–Trinajstić information content (AvgIpc) is 2.47. The average molecular weight is 300 g/mol. The quantitative estimate of drug-likeness (QED) is 0.523. The van der Waals surface area contributed by atoms with E-state index in [-0.39, 0.29) is 0 Å². The molecule has 98 valence electrons. The molecule has 0 radical (unpaired) electrons. The van der Waals surface area contributed by atoms with Gasteiger partial charge in [0.2, 0.25) is 0 Å². The molecular formula is C17H11Cl2N. The van der Waals surface area contributed by atoms with Crippen LogP contribution in [-0.4, -0.2) is 6.21 Å². The molecule has 0 saturated heterocycles. The summed E-state index contributed by atoms with van der Waals surface area (Å²) in [6.07, 6.45) is 1.71. The number of hydrogen-bond donors (Lipinski definition) is 0. The normalized spacial score (nSPS) is 11.3. The van der Waals surface area contributed by atoms with Crippen molar-refractivity contribution in [3.05, 3.63) is 76.3 Å². The van der Waals surface area contributed by atoms with E-state index < -0.39 is 0 Å². The zero-order valence-corrected chi connectivity index (χ0v) is 12.1. The van der Waals surface area contributed by atoms with Gasteiger partial charge in [-0.3, -0.25) is 4.99 Å². The number of halogens is 2. The molecule has 0 aromatic heterocycles. The van der Waals surface area contributed by atoms with E-state index in [9.17, 15) is 0 Å². The van der Waals surface area contributed by atoms with Gasteiger partial charge in [0.05, 0.1) is 15.7 Å². The lowest BCUT2D eigenvalue weighted by atomic mass is 10.1. The third-order valence-corrected chi connectivity index (χ3v) is 3.76. The molecule has 0 amide bonds. The fourth-order valence-corrected chi connectivity index (χ4v) is 2.58. The highest BCUT2D eigenvalue weighted by atomic mass is 35.5. The summed E-state index contributed by atoms with van der Waals surface area (Å²) in [5.41, 5.74) is 1.64. The molecule has 3 heteroatoms. The summed E-state index contributed by atoms with van der Waals surface area (Å²) in [4.78, 5) is 4.53. The van der Waals surface area contributed by atoms with Crippen LogP contribution in [0.1, 0.15) is 5.56 Å². The van der Waals surface area contributed by atoms with Gasteiger partial charge in [-0.25, -0.2) is 0 Å². The van der Waals surface area contributed by atoms with Crippen molar-refractivity contribution in [1.82, 2.24) is 0 Å². The Labute approximate surface area is 127 Å². The van der Waals surface area contributed by atoms with Gasteiger partial charge < -0.3 is 0 Å². The monoisotopic (exact) mass is 299 g/mol. The van der Waals surface area contributed by atoms with E-state index in [1.165, 1.54) is 0 Å². The van der Waals surface area contributed by atoms with Gasteiger partial charge in [-0.05, 0) is 23.6 Å². The maximum atomic E-state index is 6.14. The topological polar surface area (TPSA) is 12.4 Å². The first kappa shape index (κ1) is 13.2. The van der Waals surface area contributed by atoms with Gasteiger partial charge in [0.1, 0.15) is 0 Å². The van der Waals surface area contributed by atoms with Crippen LogP contribution in [0.3, 0.4) is 0 Å². The number of nitrogens with zero attached hydrogens (tertiary/aromatic N) is 1. The summed E-state index contributed by atoms with van der Waals surface area (Å²) < 4.78 is 0. The standard InChI is InChI=1S/C17H11Cl2N/c18-15-8-4-9-16(19)14(15)11-20-17-10-3-6-12-5-1-2-7-13(12)17/h1-11H. The lowest BCUT2D eigenvalue weighted by Crippen LogP contribution is -1.84. The third-order valence-electron chi connectivity index (χ3n) is 3.10. The summed E-state index contributed by atoms with van der Waals surface area (Å²) in [7, 11) is 0. The molecule has 0 spiro atoms. The molecule has 0 bridgehead atoms. The third kappa shape index (κ3) is 2.55. The lowest BCUT2D eigenvalue weighted by Gasteiger charge is -2.03. The van der Waals surface area contributed by atoms with Gasteiger partial charge in [-0.1, -0.05) is 65.7 Å². The van der Waals surface area contributed by atoms with Crippen LogP contribution in [0.4, 0.5) is 5.69 Å². The second-order valence-electron chi connectivity index (χ2n) is 4.39. The Morgan fingerprint density at radius 1 is 0.750 bits per heavy atom. The van der Waals surface area contributed by atoms with E-state index >= 15 is 0 Å². The first-order valence-electron chi connectivity index (χ1n) is 6.21. The van der Waals surface area contributed by atoms with Crippen LogP contribution in [0, 0.1) is 0 Å². The number of hydrogen-bond acceptors (Lipinski definition) is 1. The van der Waals surface area contributed by atoms with Gasteiger partial charge in [0.25, 0.3) is 0 Å². The minimum Gasteiger partial charge on any atom is -0.256 e. The highest BCUT2D eigenvalue weighted by Crippen LogP contribution is 2.27. The number of fused-ring (bicyclic) bond motifs is 1. The summed E-state index contributed by atoms with van der Waals surface area (Å²) >= 11 is 12.3. The molecule has 0 atom stereocenters. The van der Waals surface area contributed by atoms with Crippen LogP contribution in [0.2, 0.25) is 10.0 Å². The van der Waals surface area contributed by atoms with Crippen LogP contribution >= 0.6 is 23.2 Å². The van der Waals surface area contributed by atoms with Gasteiger partial charge in [0.15, 0.2) is 0 Å². The predicted octanol–water partition coefficient (Wildman–Crippen LogP) is 5.90. The molecule has 0 aliphatic rings. The minimum atomic E-state index is 0.599. The molecular weight excluding hydrogens is 289 g/mol. The van der Waals surface area contributed by atoms with E-state index in [2.05, 4.69) is 23.2 Å². The fourth-order valence-electron chi connectivity index (χ4n) is 2.09. The molecule has 0 aliphatic heterocycles. The van der Waals surface area contributed by atoms with E-state index in [4.69, 9.17) is 23.2 Å². The Morgan fingerprint density at radius 3 is 2.20 bits per heavy atom. The molecule has 0 aliphatic carbocycles. The van der Waals surface area contributed by atoms with Crippen molar-refractivity contribution in [2.75, 3.05) is 0 Å². The molecule has 3 aromatic rings. The zero-order chi connectivity index (χ0) is 13.9. The molecule has 3 rings (SSSR count). The van der Waals surface area contributed by atoms with Crippen LogP contribution in [0.15, 0.2) is 65.7 Å². The number of aliphatic imine (C=N–C) groups is 1. The molecule has 1 nitrogen and oxygen atoms in total. The van der Waals surface area contributed by atoms with Gasteiger partial charge in [-0.2, -0.15) is 0 Å². The summed E-state index contributed by atoms with van der Waals surface area (Å²) in [5.74, 6) is 0. The van der Waals surface area contributed by atoms with Crippen LogP contribution in [0.25, 0.3) is 10.8 Å². The molecule has 0 heterocycles. The van der Waals surface area contributed by atoms with Crippen molar-refractivity contribution in [3.63, 3.8) is 0 Å². The Morgan fingerprint density at radius 2 is 1.40 bits per heavy atom. The molecule has 3 aromatic carbocycles. The highest BCUT2D eigenvalue weighted by molar-refractivity contribution is 6.38. The number of rotatable bonds is 2. The fraction of sp³-hybridized carbons (Fsp3) is 0. The second-order valence-corrected chi connectivity index (χ2v) is 5.21. The van der Waals surface area contributed by atoms with E-state index in [1.54, 1.807) is 18.3 Å². The SMILES string of the molecule is Clc1cccc(Cl)c1C=Nc1cccc2ccccc12. The van der Waals surface area contributed by atoms with Gasteiger partial charge >= 0.3 is 0 Å². The minimum absolute atomic E-state index is 0.599. The van der Waals surface area contributed by atoms with Crippen molar-refractivity contribution in [1.29, 1.82) is 0 Å². The molecule has 0 unspecified atom stereocenters. The summed E-state index contributed by atoms with van der Waals surface area (Å²) in [5, 5.41) is 3.46. The van der Waals surface area contributed by atoms with Gasteiger partial charge in [-0.15, -0.1) is 0 Å². The Kier molecular flexibility index (Phi) is 3.72. The molecule has 20 heavy (non-hydrogen) atoms. The maximum absolute atomic E-state index is 6.14. The second kappa shape index (κ2) is 5.66. The number of benzene rings is 3. The van der Waals surface area contributed by atoms with Crippen LogP contribution in [-0.2, 0) is 0 Å².